The zero-order chi connectivity index (χ0) is 11.0. The van der Waals surface area contributed by atoms with Gasteiger partial charge in [0.15, 0.2) is 0 Å². The molecule has 1 aliphatic rings. The highest BCUT2D eigenvalue weighted by molar-refractivity contribution is 4.73. The van der Waals surface area contributed by atoms with Gasteiger partial charge in [-0.15, -0.1) is 0 Å². The van der Waals surface area contributed by atoms with E-state index in [0.29, 0.717) is 5.41 Å². The van der Waals surface area contributed by atoms with Crippen molar-refractivity contribution in [2.24, 2.45) is 5.41 Å². The molecule has 0 aliphatic carbocycles. The normalized spacial score (nSPS) is 18.6. The summed E-state index contributed by atoms with van der Waals surface area (Å²) in [4.78, 5) is 2.51. The molecule has 0 atom stereocenters. The van der Waals surface area contributed by atoms with E-state index in [-0.39, 0.29) is 0 Å². The van der Waals surface area contributed by atoms with E-state index in [1.54, 1.807) is 0 Å². The predicted octanol–water partition coefficient (Wildman–Crippen LogP) is 2.78. The molecule has 0 radical (unpaired) electrons. The Balaban J connectivity index is 0.000000791. The fraction of sp³-hybridized carbons (Fsp3) is 1.00. The molecule has 0 saturated carbocycles. The maximum atomic E-state index is 5.31. The van der Waals surface area contributed by atoms with E-state index in [1.807, 2.05) is 13.8 Å². The molecular formula is C12H27NO. The highest BCUT2D eigenvalue weighted by Gasteiger charge is 2.20. The first-order valence-electron chi connectivity index (χ1n) is 5.94. The molecule has 0 aromatic heterocycles. The summed E-state index contributed by atoms with van der Waals surface area (Å²) in [6.45, 7) is 16.2. The second-order valence-corrected chi connectivity index (χ2v) is 4.41. The largest absolute Gasteiger partial charge is 0.379 e. The summed E-state index contributed by atoms with van der Waals surface area (Å²) in [6.07, 6.45) is 1.25. The van der Waals surface area contributed by atoms with Gasteiger partial charge in [0.1, 0.15) is 0 Å². The van der Waals surface area contributed by atoms with Crippen molar-refractivity contribution in [2.45, 2.75) is 41.0 Å². The lowest BCUT2D eigenvalue weighted by Crippen LogP contribution is -2.41. The minimum absolute atomic E-state index is 0.470. The van der Waals surface area contributed by atoms with Crippen molar-refractivity contribution in [3.05, 3.63) is 0 Å². The van der Waals surface area contributed by atoms with Crippen molar-refractivity contribution in [2.75, 3.05) is 32.8 Å². The van der Waals surface area contributed by atoms with Gasteiger partial charge in [-0.2, -0.15) is 0 Å². The summed E-state index contributed by atoms with van der Waals surface area (Å²) >= 11 is 0. The summed E-state index contributed by atoms with van der Waals surface area (Å²) in [6, 6.07) is 0. The SMILES string of the molecule is CC.CCC(C)(C)CN1CCOCC1. The molecule has 86 valence electrons. The van der Waals surface area contributed by atoms with Crippen LogP contribution >= 0.6 is 0 Å². The highest BCUT2D eigenvalue weighted by atomic mass is 16.5. The zero-order valence-electron chi connectivity index (χ0n) is 10.6. The van der Waals surface area contributed by atoms with Crippen LogP contribution in [0.15, 0.2) is 0 Å². The third kappa shape index (κ3) is 5.61. The number of nitrogens with zero attached hydrogens (tertiary/aromatic N) is 1. The van der Waals surface area contributed by atoms with Gasteiger partial charge in [-0.3, -0.25) is 4.90 Å². The zero-order valence-corrected chi connectivity index (χ0v) is 10.6. The van der Waals surface area contributed by atoms with Crippen LogP contribution in [-0.2, 0) is 4.74 Å². The Morgan fingerprint density at radius 1 is 1.14 bits per heavy atom. The minimum Gasteiger partial charge on any atom is -0.379 e. The van der Waals surface area contributed by atoms with E-state index in [0.717, 1.165) is 26.3 Å². The van der Waals surface area contributed by atoms with Crippen molar-refractivity contribution >= 4 is 0 Å². The number of rotatable bonds is 3. The van der Waals surface area contributed by atoms with Crippen molar-refractivity contribution < 1.29 is 4.74 Å². The molecule has 1 aliphatic heterocycles. The summed E-state index contributed by atoms with van der Waals surface area (Å²) in [5.41, 5.74) is 0.470. The van der Waals surface area contributed by atoms with Gasteiger partial charge in [-0.05, 0) is 11.8 Å². The Kier molecular flexibility index (Phi) is 7.20. The lowest BCUT2D eigenvalue weighted by atomic mass is 9.89. The lowest BCUT2D eigenvalue weighted by molar-refractivity contribution is 0.0207. The number of hydrogen-bond acceptors (Lipinski definition) is 2. The van der Waals surface area contributed by atoms with Crippen LogP contribution in [0.1, 0.15) is 41.0 Å². The van der Waals surface area contributed by atoms with Gasteiger partial charge in [0.05, 0.1) is 13.2 Å². The van der Waals surface area contributed by atoms with E-state index < -0.39 is 0 Å². The van der Waals surface area contributed by atoms with Crippen LogP contribution in [0.25, 0.3) is 0 Å². The molecule has 1 saturated heterocycles. The van der Waals surface area contributed by atoms with Crippen LogP contribution in [-0.4, -0.2) is 37.7 Å². The van der Waals surface area contributed by atoms with Gasteiger partial charge in [-0.1, -0.05) is 34.6 Å². The average Bonchev–Trinajstić information content (AvgIpc) is 2.22. The summed E-state index contributed by atoms with van der Waals surface area (Å²) < 4.78 is 5.31. The second kappa shape index (κ2) is 7.24. The topological polar surface area (TPSA) is 12.5 Å². The monoisotopic (exact) mass is 201 g/mol. The maximum Gasteiger partial charge on any atom is 0.0594 e. The molecular weight excluding hydrogens is 174 g/mol. The molecule has 0 aromatic carbocycles. The number of hydrogen-bond donors (Lipinski definition) is 0. The van der Waals surface area contributed by atoms with Gasteiger partial charge < -0.3 is 4.74 Å². The Morgan fingerprint density at radius 2 is 1.64 bits per heavy atom. The van der Waals surface area contributed by atoms with Gasteiger partial charge in [0, 0.05) is 19.6 Å². The highest BCUT2D eigenvalue weighted by Crippen LogP contribution is 2.21. The molecule has 1 rings (SSSR count). The van der Waals surface area contributed by atoms with Crippen LogP contribution in [0.5, 0.6) is 0 Å². The fourth-order valence-corrected chi connectivity index (χ4v) is 1.48. The second-order valence-electron chi connectivity index (χ2n) is 4.41. The first kappa shape index (κ1) is 13.9. The van der Waals surface area contributed by atoms with Crippen molar-refractivity contribution in [1.29, 1.82) is 0 Å². The van der Waals surface area contributed by atoms with Crippen molar-refractivity contribution in [1.82, 2.24) is 4.90 Å². The van der Waals surface area contributed by atoms with Gasteiger partial charge >= 0.3 is 0 Å². The van der Waals surface area contributed by atoms with Crippen molar-refractivity contribution in [3.8, 4) is 0 Å². The van der Waals surface area contributed by atoms with Gasteiger partial charge in [-0.25, -0.2) is 0 Å². The quantitative estimate of drug-likeness (QED) is 0.696. The third-order valence-electron chi connectivity index (χ3n) is 2.71. The summed E-state index contributed by atoms with van der Waals surface area (Å²) in [5.74, 6) is 0. The molecule has 2 nitrogen and oxygen atoms in total. The van der Waals surface area contributed by atoms with E-state index >= 15 is 0 Å². The molecule has 14 heavy (non-hydrogen) atoms. The molecule has 0 unspecified atom stereocenters. The summed E-state index contributed by atoms with van der Waals surface area (Å²) in [7, 11) is 0. The Labute approximate surface area is 89.6 Å². The maximum absolute atomic E-state index is 5.31. The van der Waals surface area contributed by atoms with Gasteiger partial charge in [0.25, 0.3) is 0 Å². The van der Waals surface area contributed by atoms with E-state index in [9.17, 15) is 0 Å². The standard InChI is InChI=1S/C10H21NO.C2H6/c1-4-10(2,3)9-11-5-7-12-8-6-11;1-2/h4-9H2,1-3H3;1-2H3. The van der Waals surface area contributed by atoms with Crippen molar-refractivity contribution in [3.63, 3.8) is 0 Å². The third-order valence-corrected chi connectivity index (χ3v) is 2.71. The molecule has 0 amide bonds. The molecule has 0 N–H and O–H groups in total. The molecule has 2 heteroatoms. The van der Waals surface area contributed by atoms with E-state index in [1.165, 1.54) is 13.0 Å². The number of morpholine rings is 1. The Bertz CT molecular complexity index is 128. The average molecular weight is 201 g/mol. The predicted molar refractivity (Wildman–Crippen MR) is 62.7 cm³/mol. The molecule has 0 aromatic rings. The lowest BCUT2D eigenvalue weighted by Gasteiger charge is -2.34. The molecule has 0 bridgehead atoms. The van der Waals surface area contributed by atoms with Crippen LogP contribution in [0.3, 0.4) is 0 Å². The van der Waals surface area contributed by atoms with Gasteiger partial charge in [0.2, 0.25) is 0 Å². The van der Waals surface area contributed by atoms with Crippen LogP contribution in [0, 0.1) is 5.41 Å². The first-order valence-corrected chi connectivity index (χ1v) is 5.94. The van der Waals surface area contributed by atoms with E-state index in [2.05, 4.69) is 25.7 Å². The minimum atomic E-state index is 0.470. The Morgan fingerprint density at radius 3 is 2.07 bits per heavy atom. The molecule has 1 heterocycles. The Hall–Kier alpha value is -0.0800. The van der Waals surface area contributed by atoms with Crippen LogP contribution in [0.4, 0.5) is 0 Å². The first-order chi connectivity index (χ1) is 6.64. The summed E-state index contributed by atoms with van der Waals surface area (Å²) in [5, 5.41) is 0. The fourth-order valence-electron chi connectivity index (χ4n) is 1.48. The van der Waals surface area contributed by atoms with E-state index in [4.69, 9.17) is 4.74 Å². The number of ether oxygens (including phenoxy) is 1. The van der Waals surface area contributed by atoms with Crippen LogP contribution in [0.2, 0.25) is 0 Å². The molecule has 1 fully saturated rings. The smallest absolute Gasteiger partial charge is 0.0594 e. The molecule has 0 spiro atoms. The van der Waals surface area contributed by atoms with Crippen LogP contribution < -0.4 is 0 Å².